The number of carbonyl (C=O) groups excluding carboxylic acids is 1. The zero-order valence-corrected chi connectivity index (χ0v) is 12.8. The summed E-state index contributed by atoms with van der Waals surface area (Å²) < 4.78 is 5.30. The highest BCUT2D eigenvalue weighted by molar-refractivity contribution is 5.68. The summed E-state index contributed by atoms with van der Waals surface area (Å²) in [5, 5.41) is 2.99. The van der Waals surface area contributed by atoms with E-state index in [1.807, 2.05) is 20.8 Å². The van der Waals surface area contributed by atoms with Gasteiger partial charge in [0.05, 0.1) is 0 Å². The van der Waals surface area contributed by atoms with Crippen molar-refractivity contribution in [3.63, 3.8) is 0 Å². The first-order chi connectivity index (χ1) is 8.82. The van der Waals surface area contributed by atoms with E-state index in [9.17, 15) is 4.79 Å². The minimum atomic E-state index is -0.405. The number of hydrogen-bond acceptors (Lipinski definition) is 3. The van der Waals surface area contributed by atoms with E-state index >= 15 is 0 Å². The third-order valence-corrected chi connectivity index (χ3v) is 4.44. The molecule has 1 aliphatic carbocycles. The van der Waals surface area contributed by atoms with Crippen molar-refractivity contribution in [3.05, 3.63) is 0 Å². The van der Waals surface area contributed by atoms with Crippen LogP contribution in [0, 0.1) is 5.41 Å². The Morgan fingerprint density at radius 2 is 1.89 bits per heavy atom. The summed E-state index contributed by atoms with van der Waals surface area (Å²) in [6.07, 6.45) is 4.56. The maximum absolute atomic E-state index is 11.7. The van der Waals surface area contributed by atoms with Crippen LogP contribution in [0.1, 0.15) is 53.4 Å². The van der Waals surface area contributed by atoms with E-state index in [1.165, 1.54) is 25.9 Å². The molecule has 0 aromatic rings. The fourth-order valence-corrected chi connectivity index (χ4v) is 3.31. The Morgan fingerprint density at radius 1 is 1.32 bits per heavy atom. The molecule has 2 rings (SSSR count). The second kappa shape index (κ2) is 5.31. The van der Waals surface area contributed by atoms with Gasteiger partial charge in [0.25, 0.3) is 0 Å². The summed E-state index contributed by atoms with van der Waals surface area (Å²) in [6, 6.07) is 0.322. The van der Waals surface area contributed by atoms with Crippen molar-refractivity contribution in [1.29, 1.82) is 0 Å². The van der Waals surface area contributed by atoms with Gasteiger partial charge < -0.3 is 15.0 Å². The van der Waals surface area contributed by atoms with Gasteiger partial charge in [-0.15, -0.1) is 0 Å². The summed E-state index contributed by atoms with van der Waals surface area (Å²) in [7, 11) is 0. The zero-order chi connectivity index (χ0) is 14.1. The molecule has 4 heteroatoms. The molecule has 0 aromatic heterocycles. The molecule has 4 nitrogen and oxygen atoms in total. The Bertz CT molecular complexity index is 320. The second-order valence-electron chi connectivity index (χ2n) is 7.19. The van der Waals surface area contributed by atoms with Crippen molar-refractivity contribution in [2.45, 2.75) is 65.0 Å². The number of carbonyl (C=O) groups is 1. The van der Waals surface area contributed by atoms with Crippen molar-refractivity contribution in [2.75, 3.05) is 19.6 Å². The van der Waals surface area contributed by atoms with Crippen LogP contribution in [0.3, 0.4) is 0 Å². The van der Waals surface area contributed by atoms with Crippen LogP contribution in [-0.2, 0) is 4.74 Å². The van der Waals surface area contributed by atoms with Crippen LogP contribution in [0.2, 0.25) is 0 Å². The number of nitrogens with one attached hydrogen (secondary N) is 1. The molecule has 1 amide bonds. The number of amides is 1. The monoisotopic (exact) mass is 268 g/mol. The number of hydrogen-bond donors (Lipinski definition) is 1. The number of rotatable bonds is 2. The molecular formula is C15H28N2O2. The molecule has 2 fully saturated rings. The molecule has 0 radical (unpaired) electrons. The third kappa shape index (κ3) is 3.85. The quantitative estimate of drug-likeness (QED) is 0.837. The van der Waals surface area contributed by atoms with Crippen molar-refractivity contribution >= 4 is 6.09 Å². The number of nitrogens with zero attached hydrogens (tertiary/aromatic N) is 1. The van der Waals surface area contributed by atoms with Gasteiger partial charge in [0.15, 0.2) is 0 Å². The molecule has 0 bridgehead atoms. The summed E-state index contributed by atoms with van der Waals surface area (Å²) in [4.78, 5) is 14.2. The molecule has 2 aliphatic rings. The van der Waals surface area contributed by atoms with Gasteiger partial charge in [0, 0.05) is 6.04 Å². The van der Waals surface area contributed by atoms with Crippen LogP contribution in [0.4, 0.5) is 4.79 Å². The lowest BCUT2D eigenvalue weighted by Gasteiger charge is -2.52. The highest BCUT2D eigenvalue weighted by Crippen LogP contribution is 2.49. The van der Waals surface area contributed by atoms with Gasteiger partial charge in [-0.05, 0) is 71.5 Å². The summed E-state index contributed by atoms with van der Waals surface area (Å²) in [5.41, 5.74) is 0.101. The topological polar surface area (TPSA) is 41.6 Å². The first-order valence-electron chi connectivity index (χ1n) is 7.54. The van der Waals surface area contributed by atoms with E-state index in [0.717, 1.165) is 19.4 Å². The summed E-state index contributed by atoms with van der Waals surface area (Å²) >= 11 is 0. The maximum Gasteiger partial charge on any atom is 0.407 e. The molecule has 1 saturated heterocycles. The average Bonchev–Trinajstić information content (AvgIpc) is 2.25. The predicted molar refractivity (Wildman–Crippen MR) is 76.2 cm³/mol. The van der Waals surface area contributed by atoms with Crippen LogP contribution in [0.15, 0.2) is 0 Å². The smallest absolute Gasteiger partial charge is 0.407 e. The van der Waals surface area contributed by atoms with Gasteiger partial charge in [0.2, 0.25) is 0 Å². The lowest BCUT2D eigenvalue weighted by Crippen LogP contribution is -2.55. The van der Waals surface area contributed by atoms with Gasteiger partial charge in [-0.25, -0.2) is 4.79 Å². The molecule has 1 heterocycles. The van der Waals surface area contributed by atoms with Crippen LogP contribution in [0.25, 0.3) is 0 Å². The molecule has 1 spiro atoms. The Labute approximate surface area is 116 Å². The van der Waals surface area contributed by atoms with Gasteiger partial charge in [-0.1, -0.05) is 6.92 Å². The lowest BCUT2D eigenvalue weighted by molar-refractivity contribution is -0.00128. The van der Waals surface area contributed by atoms with Crippen LogP contribution < -0.4 is 5.32 Å². The minimum Gasteiger partial charge on any atom is -0.444 e. The van der Waals surface area contributed by atoms with E-state index in [1.54, 1.807) is 0 Å². The van der Waals surface area contributed by atoms with E-state index < -0.39 is 5.60 Å². The van der Waals surface area contributed by atoms with Crippen LogP contribution >= 0.6 is 0 Å². The van der Waals surface area contributed by atoms with Crippen LogP contribution in [-0.4, -0.2) is 42.3 Å². The number of ether oxygens (including phenoxy) is 1. The van der Waals surface area contributed by atoms with Gasteiger partial charge in [0.1, 0.15) is 5.60 Å². The normalized spacial score (nSPS) is 24.0. The number of piperidine rings is 1. The standard InChI is InChI=1S/C15H28N2O2/c1-5-17-8-6-15(7-9-17)10-12(11-15)16-13(18)19-14(2,3)4/h12H,5-11H2,1-4H3,(H,16,18). The second-order valence-corrected chi connectivity index (χ2v) is 7.19. The van der Waals surface area contributed by atoms with Crippen molar-refractivity contribution in [2.24, 2.45) is 5.41 Å². The number of likely N-dealkylation sites (tertiary alicyclic amines) is 1. The van der Waals surface area contributed by atoms with Crippen LogP contribution in [0.5, 0.6) is 0 Å². The SMILES string of the molecule is CCN1CCC2(CC1)CC(NC(=O)OC(C)(C)C)C2. The Kier molecular flexibility index (Phi) is 4.09. The molecule has 110 valence electrons. The van der Waals surface area contributed by atoms with Crippen molar-refractivity contribution in [1.82, 2.24) is 10.2 Å². The molecule has 1 N–H and O–H groups in total. The van der Waals surface area contributed by atoms with E-state index in [4.69, 9.17) is 4.74 Å². The lowest BCUT2D eigenvalue weighted by atomic mass is 9.60. The molecule has 19 heavy (non-hydrogen) atoms. The maximum atomic E-state index is 11.7. The molecule has 1 saturated carbocycles. The summed E-state index contributed by atoms with van der Waals surface area (Å²) in [6.45, 7) is 11.5. The zero-order valence-electron chi connectivity index (χ0n) is 12.8. The fourth-order valence-electron chi connectivity index (χ4n) is 3.31. The highest BCUT2D eigenvalue weighted by atomic mass is 16.6. The summed E-state index contributed by atoms with van der Waals surface area (Å²) in [5.74, 6) is 0. The molecule has 0 unspecified atom stereocenters. The minimum absolute atomic E-state index is 0.265. The van der Waals surface area contributed by atoms with Crippen molar-refractivity contribution in [3.8, 4) is 0 Å². The molecule has 0 atom stereocenters. The van der Waals surface area contributed by atoms with E-state index in [0.29, 0.717) is 11.5 Å². The third-order valence-electron chi connectivity index (χ3n) is 4.44. The Morgan fingerprint density at radius 3 is 2.37 bits per heavy atom. The first-order valence-corrected chi connectivity index (χ1v) is 7.54. The van der Waals surface area contributed by atoms with Gasteiger partial charge in [-0.2, -0.15) is 0 Å². The predicted octanol–water partition coefficient (Wildman–Crippen LogP) is 2.78. The van der Waals surface area contributed by atoms with Gasteiger partial charge >= 0.3 is 6.09 Å². The van der Waals surface area contributed by atoms with E-state index in [-0.39, 0.29) is 6.09 Å². The van der Waals surface area contributed by atoms with Gasteiger partial charge in [-0.3, -0.25) is 0 Å². The Hall–Kier alpha value is -0.770. The average molecular weight is 268 g/mol. The largest absolute Gasteiger partial charge is 0.444 e. The molecular weight excluding hydrogens is 240 g/mol. The first kappa shape index (κ1) is 14.6. The molecule has 0 aromatic carbocycles. The Balaban J connectivity index is 1.70. The van der Waals surface area contributed by atoms with E-state index in [2.05, 4.69) is 17.1 Å². The number of alkyl carbamates (subject to hydrolysis) is 1. The van der Waals surface area contributed by atoms with Crippen molar-refractivity contribution < 1.29 is 9.53 Å². The highest BCUT2D eigenvalue weighted by Gasteiger charge is 2.46. The fraction of sp³-hybridized carbons (Fsp3) is 0.933. The molecule has 1 aliphatic heterocycles.